The Bertz CT molecular complexity index is 827. The SMILES string of the molecule is Clc1ccc(COc2cccc(C3NN=C4C5CCN(CC5)C43)c2)cc1. The van der Waals surface area contributed by atoms with Crippen LogP contribution in [0.4, 0.5) is 0 Å². The van der Waals surface area contributed by atoms with Crippen LogP contribution < -0.4 is 10.2 Å². The molecule has 0 saturated carbocycles. The molecule has 134 valence electrons. The summed E-state index contributed by atoms with van der Waals surface area (Å²) in [5.41, 5.74) is 7.12. The summed E-state index contributed by atoms with van der Waals surface area (Å²) in [6.07, 6.45) is 2.52. The molecule has 2 atom stereocenters. The van der Waals surface area contributed by atoms with E-state index < -0.39 is 0 Å². The lowest BCUT2D eigenvalue weighted by atomic mass is 9.78. The summed E-state index contributed by atoms with van der Waals surface area (Å²) in [5.74, 6) is 1.57. The largest absolute Gasteiger partial charge is 0.489 e. The molecule has 0 radical (unpaired) electrons. The number of piperidine rings is 3. The number of nitrogens with one attached hydrogen (secondary N) is 1. The molecule has 0 aliphatic carbocycles. The number of nitrogens with zero attached hydrogens (tertiary/aromatic N) is 2. The number of hydrogen-bond donors (Lipinski definition) is 1. The summed E-state index contributed by atoms with van der Waals surface area (Å²) in [6, 6.07) is 16.8. The maximum absolute atomic E-state index is 6.01. The summed E-state index contributed by atoms with van der Waals surface area (Å²) in [6.45, 7) is 2.93. The molecule has 2 unspecified atom stereocenters. The van der Waals surface area contributed by atoms with Gasteiger partial charge in [0.1, 0.15) is 12.4 Å². The number of ether oxygens (including phenoxy) is 1. The van der Waals surface area contributed by atoms with Gasteiger partial charge < -0.3 is 10.2 Å². The van der Waals surface area contributed by atoms with E-state index in [0.29, 0.717) is 18.6 Å². The van der Waals surface area contributed by atoms with Gasteiger partial charge in [-0.2, -0.15) is 5.10 Å². The third-order valence-corrected chi connectivity index (χ3v) is 6.08. The predicted molar refractivity (Wildman–Crippen MR) is 104 cm³/mol. The van der Waals surface area contributed by atoms with Crippen LogP contribution in [0.1, 0.15) is 30.0 Å². The van der Waals surface area contributed by atoms with Gasteiger partial charge in [-0.3, -0.25) is 4.90 Å². The van der Waals surface area contributed by atoms with Gasteiger partial charge in [-0.15, -0.1) is 0 Å². The zero-order chi connectivity index (χ0) is 17.5. The quantitative estimate of drug-likeness (QED) is 0.887. The van der Waals surface area contributed by atoms with Gasteiger partial charge in [0.25, 0.3) is 0 Å². The molecule has 5 heteroatoms. The maximum atomic E-state index is 6.01. The van der Waals surface area contributed by atoms with Crippen molar-refractivity contribution in [1.29, 1.82) is 0 Å². The number of fused-ring (bicyclic) bond motifs is 2. The minimum atomic E-state index is 0.229. The Kier molecular flexibility index (Phi) is 4.10. The van der Waals surface area contributed by atoms with Crippen LogP contribution in [0.2, 0.25) is 5.02 Å². The average molecular weight is 368 g/mol. The molecule has 2 aromatic carbocycles. The van der Waals surface area contributed by atoms with Gasteiger partial charge in [-0.25, -0.2) is 0 Å². The van der Waals surface area contributed by atoms with Crippen molar-refractivity contribution in [3.8, 4) is 5.75 Å². The summed E-state index contributed by atoms with van der Waals surface area (Å²) >= 11 is 5.94. The number of rotatable bonds is 4. The highest BCUT2D eigenvalue weighted by Crippen LogP contribution is 2.39. The highest BCUT2D eigenvalue weighted by molar-refractivity contribution is 6.30. The average Bonchev–Trinajstić information content (AvgIpc) is 3.16. The molecular weight excluding hydrogens is 346 g/mol. The van der Waals surface area contributed by atoms with Crippen LogP contribution >= 0.6 is 11.6 Å². The van der Waals surface area contributed by atoms with Gasteiger partial charge in [0.2, 0.25) is 0 Å². The van der Waals surface area contributed by atoms with E-state index in [2.05, 4.69) is 28.5 Å². The fourth-order valence-electron chi connectivity index (χ4n) is 4.46. The number of halogens is 1. The second-order valence-corrected chi connectivity index (χ2v) is 7.82. The van der Waals surface area contributed by atoms with Gasteiger partial charge in [-0.05, 0) is 61.3 Å². The standard InChI is InChI=1S/C21H22ClN3O/c22-17-6-4-14(5-7-17)13-26-18-3-1-2-16(12-18)20-21-19(23-24-20)15-8-10-25(21)11-9-15/h1-7,12,15,20-21,24H,8-11,13H2. The Labute approximate surface area is 158 Å². The first-order valence-electron chi connectivity index (χ1n) is 9.32. The lowest BCUT2D eigenvalue weighted by Gasteiger charge is -2.45. The Morgan fingerprint density at radius 1 is 1.12 bits per heavy atom. The molecule has 2 aromatic rings. The minimum Gasteiger partial charge on any atom is -0.489 e. The monoisotopic (exact) mass is 367 g/mol. The van der Waals surface area contributed by atoms with E-state index >= 15 is 0 Å². The molecule has 2 bridgehead atoms. The molecule has 4 nitrogen and oxygen atoms in total. The fraction of sp³-hybridized carbons (Fsp3) is 0.381. The first kappa shape index (κ1) is 16.2. The summed E-state index contributed by atoms with van der Waals surface area (Å²) in [7, 11) is 0. The highest BCUT2D eigenvalue weighted by Gasteiger charge is 2.46. The van der Waals surface area contributed by atoms with Crippen molar-refractivity contribution in [2.24, 2.45) is 11.0 Å². The van der Waals surface area contributed by atoms with Gasteiger partial charge in [-0.1, -0.05) is 35.9 Å². The fourth-order valence-corrected chi connectivity index (χ4v) is 4.58. The smallest absolute Gasteiger partial charge is 0.120 e. The second-order valence-electron chi connectivity index (χ2n) is 7.39. The van der Waals surface area contributed by atoms with E-state index in [1.165, 1.54) is 37.2 Å². The van der Waals surface area contributed by atoms with Crippen LogP contribution in [0.3, 0.4) is 0 Å². The maximum Gasteiger partial charge on any atom is 0.120 e. The highest BCUT2D eigenvalue weighted by atomic mass is 35.5. The Morgan fingerprint density at radius 3 is 2.73 bits per heavy atom. The van der Waals surface area contributed by atoms with Crippen molar-refractivity contribution < 1.29 is 4.74 Å². The van der Waals surface area contributed by atoms with Gasteiger partial charge in [0.05, 0.1) is 17.8 Å². The third-order valence-electron chi connectivity index (χ3n) is 5.83. The van der Waals surface area contributed by atoms with E-state index in [1.807, 2.05) is 30.3 Å². The predicted octanol–water partition coefficient (Wildman–Crippen LogP) is 4.01. The van der Waals surface area contributed by atoms with Crippen LogP contribution in [-0.4, -0.2) is 29.7 Å². The molecule has 26 heavy (non-hydrogen) atoms. The van der Waals surface area contributed by atoms with Crippen LogP contribution in [0.5, 0.6) is 5.75 Å². The molecule has 3 fully saturated rings. The zero-order valence-electron chi connectivity index (χ0n) is 14.6. The zero-order valence-corrected chi connectivity index (χ0v) is 15.3. The first-order chi connectivity index (χ1) is 12.8. The van der Waals surface area contributed by atoms with Crippen LogP contribution in [0.25, 0.3) is 0 Å². The topological polar surface area (TPSA) is 36.9 Å². The molecule has 3 saturated heterocycles. The van der Waals surface area contributed by atoms with Gasteiger partial charge in [0, 0.05) is 10.9 Å². The van der Waals surface area contributed by atoms with Crippen molar-refractivity contribution >= 4 is 17.3 Å². The number of hydrazone groups is 1. The number of hydrogen-bond acceptors (Lipinski definition) is 4. The van der Waals surface area contributed by atoms with Gasteiger partial charge in [0.15, 0.2) is 0 Å². The van der Waals surface area contributed by atoms with Crippen LogP contribution in [0, 0.1) is 5.92 Å². The first-order valence-corrected chi connectivity index (χ1v) is 9.70. The van der Waals surface area contributed by atoms with E-state index in [1.54, 1.807) is 0 Å². The van der Waals surface area contributed by atoms with E-state index in [0.717, 1.165) is 16.3 Å². The molecule has 0 amide bonds. The molecule has 4 aliphatic rings. The number of benzene rings is 2. The Hall–Kier alpha value is -2.04. The molecule has 6 rings (SSSR count). The molecule has 1 N–H and O–H groups in total. The van der Waals surface area contributed by atoms with Crippen LogP contribution in [0.15, 0.2) is 53.6 Å². The van der Waals surface area contributed by atoms with E-state index in [-0.39, 0.29) is 6.04 Å². The van der Waals surface area contributed by atoms with Crippen molar-refractivity contribution in [3.05, 3.63) is 64.7 Å². The van der Waals surface area contributed by atoms with Gasteiger partial charge >= 0.3 is 0 Å². The molecule has 0 spiro atoms. The summed E-state index contributed by atoms with van der Waals surface area (Å²) in [5, 5.41) is 5.45. The summed E-state index contributed by atoms with van der Waals surface area (Å²) in [4.78, 5) is 2.59. The molecule has 0 aromatic heterocycles. The Balaban J connectivity index is 1.32. The van der Waals surface area contributed by atoms with Crippen molar-refractivity contribution in [1.82, 2.24) is 10.3 Å². The third kappa shape index (κ3) is 2.87. The summed E-state index contributed by atoms with van der Waals surface area (Å²) < 4.78 is 6.01. The normalized spacial score (nSPS) is 29.0. The van der Waals surface area contributed by atoms with Crippen molar-refractivity contribution in [3.63, 3.8) is 0 Å². The van der Waals surface area contributed by atoms with E-state index in [4.69, 9.17) is 21.4 Å². The van der Waals surface area contributed by atoms with Crippen LogP contribution in [-0.2, 0) is 6.61 Å². The van der Waals surface area contributed by atoms with Crippen molar-refractivity contribution in [2.45, 2.75) is 31.5 Å². The lowest BCUT2D eigenvalue weighted by molar-refractivity contribution is 0.133. The van der Waals surface area contributed by atoms with E-state index in [9.17, 15) is 0 Å². The molecule has 4 aliphatic heterocycles. The molecular formula is C21H22ClN3O. The molecule has 4 heterocycles. The van der Waals surface area contributed by atoms with Crippen molar-refractivity contribution in [2.75, 3.05) is 13.1 Å². The second kappa shape index (κ2) is 6.60. The Morgan fingerprint density at radius 2 is 1.92 bits per heavy atom. The minimum absolute atomic E-state index is 0.229. The lowest BCUT2D eigenvalue weighted by Crippen LogP contribution is -2.56.